The normalized spacial score (nSPS) is 27.6. The maximum atomic E-state index is 12.7. The Morgan fingerprint density at radius 2 is 1.96 bits per heavy atom. The van der Waals surface area contributed by atoms with Gasteiger partial charge in [0.25, 0.3) is 0 Å². The molecule has 1 aromatic rings. The molecule has 0 bridgehead atoms. The minimum atomic E-state index is -0.301. The summed E-state index contributed by atoms with van der Waals surface area (Å²) < 4.78 is 16.5. The van der Waals surface area contributed by atoms with Crippen LogP contribution >= 0.6 is 0 Å². The highest BCUT2D eigenvalue weighted by Gasteiger charge is 2.47. The van der Waals surface area contributed by atoms with Crippen molar-refractivity contribution in [2.45, 2.75) is 57.8 Å². The number of aryl methyl sites for hydroxylation is 2. The van der Waals surface area contributed by atoms with Crippen molar-refractivity contribution in [3.05, 3.63) is 11.5 Å². The highest BCUT2D eigenvalue weighted by Crippen LogP contribution is 2.34. The summed E-state index contributed by atoms with van der Waals surface area (Å²) in [5.74, 6) is 0.929. The number of ether oxygens (including phenoxy) is 2. The first kappa shape index (κ1) is 19.2. The van der Waals surface area contributed by atoms with Crippen LogP contribution in [-0.4, -0.2) is 66.5 Å². The molecule has 3 atom stereocenters. The van der Waals surface area contributed by atoms with Crippen LogP contribution in [0.1, 0.15) is 37.1 Å². The highest BCUT2D eigenvalue weighted by molar-refractivity contribution is 5.90. The van der Waals surface area contributed by atoms with Crippen molar-refractivity contribution in [3.8, 4) is 0 Å². The molecule has 28 heavy (non-hydrogen) atoms. The summed E-state index contributed by atoms with van der Waals surface area (Å²) in [7, 11) is 0. The van der Waals surface area contributed by atoms with E-state index in [0.29, 0.717) is 43.4 Å². The molecule has 3 aliphatic rings. The van der Waals surface area contributed by atoms with E-state index in [9.17, 15) is 9.59 Å². The minimum absolute atomic E-state index is 0.0306. The lowest BCUT2D eigenvalue weighted by atomic mass is 9.87. The summed E-state index contributed by atoms with van der Waals surface area (Å²) in [5.41, 5.74) is 1.25. The zero-order chi connectivity index (χ0) is 19.7. The van der Waals surface area contributed by atoms with Crippen molar-refractivity contribution < 1.29 is 23.6 Å². The number of fused-ring (bicyclic) bond motifs is 1. The number of anilines is 1. The van der Waals surface area contributed by atoms with Gasteiger partial charge in [-0.05, 0) is 39.5 Å². The quantitative estimate of drug-likeness (QED) is 0.806. The van der Waals surface area contributed by atoms with E-state index in [4.69, 9.17) is 14.0 Å². The first-order chi connectivity index (χ1) is 13.5. The summed E-state index contributed by atoms with van der Waals surface area (Å²) in [5, 5.41) is 9.44. The summed E-state index contributed by atoms with van der Waals surface area (Å²) >= 11 is 0. The van der Waals surface area contributed by atoms with Gasteiger partial charge in [0.2, 0.25) is 5.91 Å². The van der Waals surface area contributed by atoms with Crippen molar-refractivity contribution in [3.63, 3.8) is 0 Å². The predicted molar refractivity (Wildman–Crippen MR) is 99.9 cm³/mol. The number of likely N-dealkylation sites (tertiary alicyclic amines) is 1. The van der Waals surface area contributed by atoms with Gasteiger partial charge in [-0.3, -0.25) is 4.79 Å². The number of rotatable bonds is 4. The maximum Gasteiger partial charge on any atom is 0.319 e. The predicted octanol–water partition coefficient (Wildman–Crippen LogP) is 1.60. The molecule has 0 aromatic carbocycles. The fourth-order valence-electron chi connectivity index (χ4n) is 4.27. The molecule has 3 fully saturated rings. The van der Waals surface area contributed by atoms with Crippen molar-refractivity contribution in [1.82, 2.24) is 15.4 Å². The third kappa shape index (κ3) is 3.86. The molecule has 0 aliphatic carbocycles. The first-order valence-electron chi connectivity index (χ1n) is 10.0. The molecular weight excluding hydrogens is 364 g/mol. The van der Waals surface area contributed by atoms with Gasteiger partial charge in [0, 0.05) is 32.2 Å². The van der Waals surface area contributed by atoms with E-state index >= 15 is 0 Å². The van der Waals surface area contributed by atoms with E-state index in [1.165, 1.54) is 0 Å². The first-order valence-corrected chi connectivity index (χ1v) is 10.0. The van der Waals surface area contributed by atoms with Crippen LogP contribution in [0.5, 0.6) is 0 Å². The number of hydrogen-bond acceptors (Lipinski definition) is 6. The molecule has 4 rings (SSSR count). The Morgan fingerprint density at radius 1 is 1.18 bits per heavy atom. The van der Waals surface area contributed by atoms with Gasteiger partial charge in [0.15, 0.2) is 5.76 Å². The van der Waals surface area contributed by atoms with E-state index in [0.717, 1.165) is 25.7 Å². The third-order valence-corrected chi connectivity index (χ3v) is 5.97. The SMILES string of the molecule is Cc1noc(C)c1NC(=O)NC[C@@H]1CC[C@@H]2[C@@H](CN2C(=O)C2CCOCC2)O1. The van der Waals surface area contributed by atoms with Crippen LogP contribution in [0.2, 0.25) is 0 Å². The third-order valence-electron chi connectivity index (χ3n) is 5.97. The minimum Gasteiger partial charge on any atom is -0.381 e. The van der Waals surface area contributed by atoms with Crippen LogP contribution in [-0.2, 0) is 14.3 Å². The van der Waals surface area contributed by atoms with Gasteiger partial charge in [-0.25, -0.2) is 4.79 Å². The second-order valence-corrected chi connectivity index (χ2v) is 7.85. The van der Waals surface area contributed by atoms with Gasteiger partial charge in [0.1, 0.15) is 11.4 Å². The number of urea groups is 1. The van der Waals surface area contributed by atoms with Gasteiger partial charge in [-0.15, -0.1) is 0 Å². The number of nitrogens with one attached hydrogen (secondary N) is 2. The monoisotopic (exact) mass is 392 g/mol. The van der Waals surface area contributed by atoms with E-state index in [-0.39, 0.29) is 36.1 Å². The molecule has 3 aliphatic heterocycles. The van der Waals surface area contributed by atoms with E-state index < -0.39 is 0 Å². The molecule has 3 saturated heterocycles. The number of carbonyl (C=O) groups is 2. The smallest absolute Gasteiger partial charge is 0.319 e. The number of nitrogens with zero attached hydrogens (tertiary/aromatic N) is 2. The van der Waals surface area contributed by atoms with Crippen LogP contribution in [0, 0.1) is 19.8 Å². The van der Waals surface area contributed by atoms with Gasteiger partial charge >= 0.3 is 6.03 Å². The molecule has 154 valence electrons. The van der Waals surface area contributed by atoms with Gasteiger partial charge in [-0.1, -0.05) is 5.16 Å². The largest absolute Gasteiger partial charge is 0.381 e. The Balaban J connectivity index is 1.20. The van der Waals surface area contributed by atoms with Crippen LogP contribution in [0.15, 0.2) is 4.52 Å². The highest BCUT2D eigenvalue weighted by atomic mass is 16.5. The fourth-order valence-corrected chi connectivity index (χ4v) is 4.27. The lowest BCUT2D eigenvalue weighted by Gasteiger charge is -2.53. The average Bonchev–Trinajstić information content (AvgIpc) is 3.00. The average molecular weight is 392 g/mol. The van der Waals surface area contributed by atoms with Gasteiger partial charge in [-0.2, -0.15) is 0 Å². The number of carbonyl (C=O) groups excluding carboxylic acids is 2. The molecule has 3 amide bonds. The maximum absolute atomic E-state index is 12.7. The Morgan fingerprint density at radius 3 is 2.64 bits per heavy atom. The van der Waals surface area contributed by atoms with Gasteiger partial charge in [0.05, 0.1) is 18.2 Å². The fraction of sp³-hybridized carbons (Fsp3) is 0.737. The molecule has 9 heteroatoms. The molecular formula is C19H28N4O5. The lowest BCUT2D eigenvalue weighted by Crippen LogP contribution is -2.67. The number of aromatic nitrogens is 1. The van der Waals surface area contributed by atoms with Crippen LogP contribution in [0.25, 0.3) is 0 Å². The second kappa shape index (κ2) is 8.08. The molecule has 2 N–H and O–H groups in total. The molecule has 0 radical (unpaired) electrons. The summed E-state index contributed by atoms with van der Waals surface area (Å²) in [6.07, 6.45) is 3.43. The Bertz CT molecular complexity index is 710. The Hall–Kier alpha value is -2.13. The van der Waals surface area contributed by atoms with Crippen molar-refractivity contribution in [2.24, 2.45) is 5.92 Å². The van der Waals surface area contributed by atoms with E-state index in [1.807, 2.05) is 4.90 Å². The second-order valence-electron chi connectivity index (χ2n) is 7.85. The van der Waals surface area contributed by atoms with Crippen LogP contribution < -0.4 is 10.6 Å². The zero-order valence-corrected chi connectivity index (χ0v) is 16.4. The Kier molecular flexibility index (Phi) is 5.54. The van der Waals surface area contributed by atoms with Crippen molar-refractivity contribution in [1.29, 1.82) is 0 Å². The molecule has 4 heterocycles. The lowest BCUT2D eigenvalue weighted by molar-refractivity contribution is -0.186. The zero-order valence-electron chi connectivity index (χ0n) is 16.4. The molecule has 9 nitrogen and oxygen atoms in total. The van der Waals surface area contributed by atoms with Crippen molar-refractivity contribution >= 4 is 17.6 Å². The van der Waals surface area contributed by atoms with Crippen LogP contribution in [0.4, 0.5) is 10.5 Å². The molecule has 0 saturated carbocycles. The van der Waals surface area contributed by atoms with E-state index in [1.54, 1.807) is 13.8 Å². The number of amides is 3. The van der Waals surface area contributed by atoms with Gasteiger partial charge < -0.3 is 29.5 Å². The van der Waals surface area contributed by atoms with E-state index in [2.05, 4.69) is 15.8 Å². The summed E-state index contributed by atoms with van der Waals surface area (Å²) in [4.78, 5) is 26.8. The summed E-state index contributed by atoms with van der Waals surface area (Å²) in [6.45, 7) is 5.98. The topological polar surface area (TPSA) is 106 Å². The summed E-state index contributed by atoms with van der Waals surface area (Å²) in [6, 6.07) is -0.118. The molecule has 0 spiro atoms. The molecule has 1 aromatic heterocycles. The van der Waals surface area contributed by atoms with Crippen molar-refractivity contribution in [2.75, 3.05) is 31.6 Å². The number of hydrogen-bond donors (Lipinski definition) is 2. The standard InChI is InChI=1S/C19H28N4O5/c1-11-17(12(2)28-22-11)21-19(25)20-9-14-3-4-15-16(27-14)10-23(15)18(24)13-5-7-26-8-6-13/h13-16H,3-10H2,1-2H3,(H2,20,21,25)/t14-,15+,16+/m0/s1. The molecule has 0 unspecified atom stereocenters. The van der Waals surface area contributed by atoms with Crippen LogP contribution in [0.3, 0.4) is 0 Å². The Labute approximate surface area is 164 Å².